The first-order valence-corrected chi connectivity index (χ1v) is 14.7. The van der Waals surface area contributed by atoms with Gasteiger partial charge in [0.2, 0.25) is 11.7 Å². The third-order valence-corrected chi connectivity index (χ3v) is 7.73. The maximum Gasteiger partial charge on any atom is 0.407 e. The van der Waals surface area contributed by atoms with Gasteiger partial charge in [-0.15, -0.1) is 10.2 Å². The molecular formula is C30H37BrN6O4. The van der Waals surface area contributed by atoms with E-state index >= 15 is 0 Å². The van der Waals surface area contributed by atoms with Gasteiger partial charge in [0.25, 0.3) is 0 Å². The van der Waals surface area contributed by atoms with Crippen molar-refractivity contribution in [3.05, 3.63) is 58.6 Å². The van der Waals surface area contributed by atoms with Crippen molar-refractivity contribution in [3.8, 4) is 11.4 Å². The van der Waals surface area contributed by atoms with Crippen molar-refractivity contribution in [3.63, 3.8) is 0 Å². The number of nitrogens with one attached hydrogen (secondary N) is 3. The Balaban J connectivity index is 1.34. The molecule has 0 spiro atoms. The minimum Gasteiger partial charge on any atom is -0.444 e. The molecule has 2 aromatic carbocycles. The lowest BCUT2D eigenvalue weighted by Crippen LogP contribution is -2.37. The number of ether oxygens (including phenoxy) is 1. The van der Waals surface area contributed by atoms with Gasteiger partial charge < -0.3 is 15.4 Å². The standard InChI is InChI=1S/C30H37BrN6O4/c1-30(2,3)41-29(40)32-18-20-4-8-21(9-5-20)26(38)17-23(16-19-6-12-24(31)13-7-19)28(39)33-25-14-10-22(11-15-25)27-34-36-37-35-27/h6-7,10-15,20-21,23H,4-5,8-9,16-18H2,1-3H3,(H,32,40)(H,33,39)(H,34,35,36,37)/t20?,21?,23-/m1/s1. The molecular weight excluding hydrogens is 588 g/mol. The Morgan fingerprint density at radius 2 is 1.71 bits per heavy atom. The predicted octanol–water partition coefficient (Wildman–Crippen LogP) is 5.72. The number of alkyl carbamates (subject to hydrolysis) is 1. The van der Waals surface area contributed by atoms with Crippen molar-refractivity contribution < 1.29 is 19.1 Å². The van der Waals surface area contributed by atoms with Gasteiger partial charge in [0, 0.05) is 40.5 Å². The Morgan fingerprint density at radius 3 is 2.32 bits per heavy atom. The molecule has 0 unspecified atom stereocenters. The number of carbonyl (C=O) groups excluding carboxylic acids is 3. The minimum absolute atomic E-state index is 0.0813. The summed E-state index contributed by atoms with van der Waals surface area (Å²) in [5.41, 5.74) is 1.86. The summed E-state index contributed by atoms with van der Waals surface area (Å²) in [5, 5.41) is 19.8. The number of amides is 2. The maximum absolute atomic E-state index is 13.5. The Labute approximate surface area is 248 Å². The fraction of sp³-hybridized carbons (Fsp3) is 0.467. The molecule has 1 aliphatic rings. The number of tetrazole rings is 1. The highest BCUT2D eigenvalue weighted by Crippen LogP contribution is 2.31. The first-order chi connectivity index (χ1) is 19.6. The van der Waals surface area contributed by atoms with Crippen molar-refractivity contribution in [2.24, 2.45) is 17.8 Å². The van der Waals surface area contributed by atoms with Gasteiger partial charge in [0.15, 0.2) is 0 Å². The summed E-state index contributed by atoms with van der Waals surface area (Å²) in [5.74, 6) is 0.118. The molecule has 41 heavy (non-hydrogen) atoms. The van der Waals surface area contributed by atoms with Crippen LogP contribution in [-0.4, -0.2) is 50.6 Å². The van der Waals surface area contributed by atoms with Crippen LogP contribution in [0.1, 0.15) is 58.4 Å². The Morgan fingerprint density at radius 1 is 1.02 bits per heavy atom. The summed E-state index contributed by atoms with van der Waals surface area (Å²) in [7, 11) is 0. The number of aromatic amines is 1. The fourth-order valence-electron chi connectivity index (χ4n) is 5.03. The Kier molecular flexibility index (Phi) is 10.3. The number of anilines is 1. The van der Waals surface area contributed by atoms with Gasteiger partial charge in [-0.3, -0.25) is 9.59 Å². The molecule has 0 saturated heterocycles. The number of halogens is 1. The van der Waals surface area contributed by atoms with Crippen molar-refractivity contribution in [1.82, 2.24) is 25.9 Å². The number of rotatable bonds is 10. The molecule has 10 nitrogen and oxygen atoms in total. The van der Waals surface area contributed by atoms with Crippen LogP contribution in [0.4, 0.5) is 10.5 Å². The van der Waals surface area contributed by atoms with Crippen molar-refractivity contribution in [1.29, 1.82) is 0 Å². The van der Waals surface area contributed by atoms with Crippen LogP contribution in [0.25, 0.3) is 11.4 Å². The zero-order valence-corrected chi connectivity index (χ0v) is 25.2. The topological polar surface area (TPSA) is 139 Å². The lowest BCUT2D eigenvalue weighted by atomic mass is 9.77. The molecule has 3 aromatic rings. The van der Waals surface area contributed by atoms with E-state index < -0.39 is 17.6 Å². The van der Waals surface area contributed by atoms with Gasteiger partial charge in [0.1, 0.15) is 11.4 Å². The van der Waals surface area contributed by atoms with Gasteiger partial charge in [-0.2, -0.15) is 5.21 Å². The molecule has 4 rings (SSSR count). The molecule has 1 fully saturated rings. The average molecular weight is 626 g/mol. The molecule has 0 bridgehead atoms. The second-order valence-corrected chi connectivity index (χ2v) is 12.5. The number of ketones is 1. The molecule has 0 aliphatic heterocycles. The summed E-state index contributed by atoms with van der Waals surface area (Å²) in [6, 6.07) is 15.0. The largest absolute Gasteiger partial charge is 0.444 e. The molecule has 1 aliphatic carbocycles. The van der Waals surface area contributed by atoms with E-state index in [-0.39, 0.29) is 24.0 Å². The summed E-state index contributed by atoms with van der Waals surface area (Å²) < 4.78 is 6.28. The zero-order valence-electron chi connectivity index (χ0n) is 23.7. The quantitative estimate of drug-likeness (QED) is 0.262. The SMILES string of the molecule is CC(C)(C)OC(=O)NCC1CCC(C(=O)C[C@@H](Cc2ccc(Br)cc2)C(=O)Nc2ccc(-c3nn[nH]n3)cc2)CC1. The highest BCUT2D eigenvalue weighted by Gasteiger charge is 2.30. The summed E-state index contributed by atoms with van der Waals surface area (Å²) >= 11 is 3.46. The second kappa shape index (κ2) is 13.8. The van der Waals surface area contributed by atoms with Gasteiger partial charge in [-0.1, -0.05) is 28.1 Å². The van der Waals surface area contributed by atoms with Gasteiger partial charge >= 0.3 is 6.09 Å². The Hall–Kier alpha value is -3.60. The van der Waals surface area contributed by atoms with E-state index in [2.05, 4.69) is 47.2 Å². The zero-order chi connectivity index (χ0) is 29.4. The normalized spacial score (nSPS) is 17.9. The number of hydrogen-bond donors (Lipinski definition) is 3. The minimum atomic E-state index is -0.536. The van der Waals surface area contributed by atoms with E-state index in [0.29, 0.717) is 30.4 Å². The monoisotopic (exact) mass is 624 g/mol. The van der Waals surface area contributed by atoms with Crippen LogP contribution in [0, 0.1) is 17.8 Å². The van der Waals surface area contributed by atoms with Crippen LogP contribution in [0.2, 0.25) is 0 Å². The van der Waals surface area contributed by atoms with Crippen LogP contribution >= 0.6 is 15.9 Å². The first-order valence-electron chi connectivity index (χ1n) is 13.9. The van der Waals surface area contributed by atoms with E-state index in [1.807, 2.05) is 57.2 Å². The molecule has 1 saturated carbocycles. The maximum atomic E-state index is 13.5. The third-order valence-electron chi connectivity index (χ3n) is 7.21. The first kappa shape index (κ1) is 30.4. The lowest BCUT2D eigenvalue weighted by Gasteiger charge is -2.29. The molecule has 11 heteroatoms. The van der Waals surface area contributed by atoms with E-state index in [1.54, 1.807) is 12.1 Å². The number of benzene rings is 2. The molecule has 218 valence electrons. The molecule has 1 heterocycles. The van der Waals surface area contributed by atoms with Crippen LogP contribution in [0.5, 0.6) is 0 Å². The summed E-state index contributed by atoms with van der Waals surface area (Å²) in [4.78, 5) is 38.9. The molecule has 0 radical (unpaired) electrons. The molecule has 1 atom stereocenters. The van der Waals surface area contributed by atoms with Crippen LogP contribution in [0.3, 0.4) is 0 Å². The molecule has 1 aromatic heterocycles. The average Bonchev–Trinajstić information content (AvgIpc) is 3.48. The number of hydrogen-bond acceptors (Lipinski definition) is 7. The van der Waals surface area contributed by atoms with Gasteiger partial charge in [0.05, 0.1) is 0 Å². The van der Waals surface area contributed by atoms with E-state index in [1.165, 1.54) is 0 Å². The fourth-order valence-corrected chi connectivity index (χ4v) is 5.30. The smallest absolute Gasteiger partial charge is 0.407 e. The predicted molar refractivity (Wildman–Crippen MR) is 159 cm³/mol. The lowest BCUT2D eigenvalue weighted by molar-refractivity contribution is -0.129. The highest BCUT2D eigenvalue weighted by molar-refractivity contribution is 9.10. The van der Waals surface area contributed by atoms with Crippen molar-refractivity contribution in [2.75, 3.05) is 11.9 Å². The number of Topliss-reactive ketones (excluding diaryl/α,β-unsaturated/α-hetero) is 1. The number of carbonyl (C=O) groups is 3. The van der Waals surface area contributed by atoms with E-state index in [4.69, 9.17) is 4.74 Å². The van der Waals surface area contributed by atoms with Crippen LogP contribution < -0.4 is 10.6 Å². The van der Waals surface area contributed by atoms with Gasteiger partial charge in [-0.05, 0) is 106 Å². The van der Waals surface area contributed by atoms with Crippen molar-refractivity contribution in [2.45, 2.75) is 64.9 Å². The molecule has 3 N–H and O–H groups in total. The number of aromatic nitrogens is 4. The van der Waals surface area contributed by atoms with E-state index in [9.17, 15) is 14.4 Å². The molecule has 2 amide bonds. The van der Waals surface area contributed by atoms with Crippen LogP contribution in [-0.2, 0) is 20.7 Å². The summed E-state index contributed by atoms with van der Waals surface area (Å²) in [6.07, 6.45) is 3.43. The third kappa shape index (κ3) is 9.48. The second-order valence-electron chi connectivity index (χ2n) is 11.6. The van der Waals surface area contributed by atoms with Gasteiger partial charge in [-0.25, -0.2) is 4.79 Å². The van der Waals surface area contributed by atoms with Crippen LogP contribution in [0.15, 0.2) is 53.0 Å². The number of nitrogens with zero attached hydrogens (tertiary/aromatic N) is 3. The summed E-state index contributed by atoms with van der Waals surface area (Å²) in [6.45, 7) is 6.04. The Bertz CT molecular complexity index is 1300. The van der Waals surface area contributed by atoms with E-state index in [0.717, 1.165) is 41.3 Å². The van der Waals surface area contributed by atoms with Crippen molar-refractivity contribution >= 4 is 39.4 Å². The number of H-pyrrole nitrogens is 1. The highest BCUT2D eigenvalue weighted by atomic mass is 79.9.